The molecule has 0 radical (unpaired) electrons. The Bertz CT molecular complexity index is 367. The fourth-order valence-electron chi connectivity index (χ4n) is 1.44. The van der Waals surface area contributed by atoms with Crippen molar-refractivity contribution in [2.45, 2.75) is 0 Å². The molecule has 0 aliphatic carbocycles. The lowest BCUT2D eigenvalue weighted by Gasteiger charge is -2.38. The highest BCUT2D eigenvalue weighted by atomic mass is 16.3. The minimum Gasteiger partial charge on any atom is -0.396 e. The summed E-state index contributed by atoms with van der Waals surface area (Å²) in [6.07, 6.45) is 1.44. The second-order valence-electron chi connectivity index (χ2n) is 3.37. The van der Waals surface area contributed by atoms with Gasteiger partial charge in [-0.1, -0.05) is 0 Å². The van der Waals surface area contributed by atoms with Crippen molar-refractivity contribution in [3.05, 3.63) is 17.8 Å². The molecule has 14 heavy (non-hydrogen) atoms. The summed E-state index contributed by atoms with van der Waals surface area (Å²) in [5.41, 5.74) is 0.516. The molecule has 1 aromatic heterocycles. The van der Waals surface area contributed by atoms with Crippen LogP contribution in [0.1, 0.15) is 5.56 Å². The monoisotopic (exact) mass is 190 g/mol. The first-order valence-electron chi connectivity index (χ1n) is 4.42. The molecule has 0 aromatic carbocycles. The molecule has 5 nitrogen and oxygen atoms in total. The van der Waals surface area contributed by atoms with Gasteiger partial charge >= 0.3 is 0 Å². The van der Waals surface area contributed by atoms with Crippen LogP contribution in [-0.2, 0) is 0 Å². The standard InChI is InChI=1S/C9H10N4O/c10-2-7-1-9(12-11-3-7)13-4-8(5-13)6-14/h1,3,8,14H,4-6H2. The summed E-state index contributed by atoms with van der Waals surface area (Å²) >= 11 is 0. The third kappa shape index (κ3) is 1.52. The normalized spacial score (nSPS) is 16.1. The van der Waals surface area contributed by atoms with Crippen LogP contribution in [0.4, 0.5) is 5.82 Å². The summed E-state index contributed by atoms with van der Waals surface area (Å²) < 4.78 is 0. The molecule has 2 heterocycles. The van der Waals surface area contributed by atoms with Gasteiger partial charge in [0, 0.05) is 31.7 Å². The minimum absolute atomic E-state index is 0.210. The van der Waals surface area contributed by atoms with E-state index >= 15 is 0 Å². The number of hydrogen-bond donors (Lipinski definition) is 1. The predicted molar refractivity (Wildman–Crippen MR) is 49.5 cm³/mol. The van der Waals surface area contributed by atoms with E-state index in [1.165, 1.54) is 6.20 Å². The van der Waals surface area contributed by atoms with Crippen molar-refractivity contribution in [3.8, 4) is 6.07 Å². The number of anilines is 1. The largest absolute Gasteiger partial charge is 0.396 e. The van der Waals surface area contributed by atoms with Crippen LogP contribution in [0.2, 0.25) is 0 Å². The van der Waals surface area contributed by atoms with E-state index in [1.54, 1.807) is 6.07 Å². The third-order valence-electron chi connectivity index (χ3n) is 2.31. The van der Waals surface area contributed by atoms with E-state index in [4.69, 9.17) is 10.4 Å². The van der Waals surface area contributed by atoms with Crippen LogP contribution in [0, 0.1) is 17.2 Å². The summed E-state index contributed by atoms with van der Waals surface area (Å²) in [7, 11) is 0. The maximum Gasteiger partial charge on any atom is 0.152 e. The summed E-state index contributed by atoms with van der Waals surface area (Å²) in [5.74, 6) is 1.05. The van der Waals surface area contributed by atoms with Crippen molar-refractivity contribution < 1.29 is 5.11 Å². The van der Waals surface area contributed by atoms with Gasteiger partial charge in [-0.25, -0.2) is 0 Å². The van der Waals surface area contributed by atoms with Gasteiger partial charge in [0.25, 0.3) is 0 Å². The van der Waals surface area contributed by atoms with Crippen molar-refractivity contribution in [1.82, 2.24) is 10.2 Å². The van der Waals surface area contributed by atoms with Gasteiger partial charge in [0.05, 0.1) is 11.8 Å². The average molecular weight is 190 g/mol. The van der Waals surface area contributed by atoms with E-state index < -0.39 is 0 Å². The lowest BCUT2D eigenvalue weighted by Crippen LogP contribution is -2.48. The van der Waals surface area contributed by atoms with Crippen molar-refractivity contribution in [3.63, 3.8) is 0 Å². The van der Waals surface area contributed by atoms with Crippen LogP contribution in [0.5, 0.6) is 0 Å². The van der Waals surface area contributed by atoms with Gasteiger partial charge < -0.3 is 10.0 Å². The van der Waals surface area contributed by atoms with E-state index in [9.17, 15) is 0 Å². The summed E-state index contributed by atoms with van der Waals surface area (Å²) in [6, 6.07) is 3.73. The van der Waals surface area contributed by atoms with Crippen LogP contribution in [0.15, 0.2) is 12.3 Å². The van der Waals surface area contributed by atoms with Crippen molar-refractivity contribution in [2.75, 3.05) is 24.6 Å². The molecule has 0 saturated carbocycles. The van der Waals surface area contributed by atoms with Crippen LogP contribution >= 0.6 is 0 Å². The molecule has 1 aliphatic heterocycles. The zero-order valence-electron chi connectivity index (χ0n) is 7.59. The molecule has 1 fully saturated rings. The van der Waals surface area contributed by atoms with E-state index in [-0.39, 0.29) is 6.61 Å². The molecule has 0 unspecified atom stereocenters. The topological polar surface area (TPSA) is 73.0 Å². The Labute approximate surface area is 81.6 Å². The molecule has 1 N–H and O–H groups in total. The Kier molecular flexibility index (Phi) is 2.29. The average Bonchev–Trinajstić information content (AvgIpc) is 2.17. The second kappa shape index (κ2) is 3.60. The van der Waals surface area contributed by atoms with E-state index in [0.717, 1.165) is 13.1 Å². The summed E-state index contributed by atoms with van der Waals surface area (Å²) in [6.45, 7) is 1.79. The fraction of sp³-hybridized carbons (Fsp3) is 0.444. The molecule has 0 amide bonds. The van der Waals surface area contributed by atoms with Crippen molar-refractivity contribution in [1.29, 1.82) is 5.26 Å². The van der Waals surface area contributed by atoms with Crippen molar-refractivity contribution >= 4 is 5.82 Å². The second-order valence-corrected chi connectivity index (χ2v) is 3.37. The van der Waals surface area contributed by atoms with Crippen LogP contribution in [-0.4, -0.2) is 35.0 Å². The minimum atomic E-state index is 0.210. The molecule has 0 atom stereocenters. The molecule has 1 aromatic rings. The van der Waals surface area contributed by atoms with Crippen LogP contribution in [0.3, 0.4) is 0 Å². The highest BCUT2D eigenvalue weighted by molar-refractivity contribution is 5.45. The Balaban J connectivity index is 2.08. The lowest BCUT2D eigenvalue weighted by atomic mass is 10.0. The maximum absolute atomic E-state index is 8.84. The first-order chi connectivity index (χ1) is 6.83. The van der Waals surface area contributed by atoms with Gasteiger partial charge in [-0.2, -0.15) is 10.4 Å². The van der Waals surface area contributed by atoms with Gasteiger partial charge in [-0.3, -0.25) is 0 Å². The number of nitriles is 1. The first-order valence-corrected chi connectivity index (χ1v) is 4.42. The molecule has 0 bridgehead atoms. The van der Waals surface area contributed by atoms with Gasteiger partial charge in [-0.15, -0.1) is 5.10 Å². The van der Waals surface area contributed by atoms with Crippen LogP contribution < -0.4 is 4.90 Å². The fourth-order valence-corrected chi connectivity index (χ4v) is 1.44. The lowest BCUT2D eigenvalue weighted by molar-refractivity contribution is 0.200. The number of nitrogens with zero attached hydrogens (tertiary/aromatic N) is 4. The number of hydrogen-bond acceptors (Lipinski definition) is 5. The summed E-state index contributed by atoms with van der Waals surface area (Å²) in [4.78, 5) is 1.99. The first kappa shape index (κ1) is 8.91. The van der Waals surface area contributed by atoms with Gasteiger partial charge in [0.2, 0.25) is 0 Å². The molecule has 72 valence electrons. The maximum atomic E-state index is 8.84. The van der Waals surface area contributed by atoms with Crippen molar-refractivity contribution in [2.24, 2.45) is 5.92 Å². The van der Waals surface area contributed by atoms with Gasteiger partial charge in [0.15, 0.2) is 5.82 Å². The highest BCUT2D eigenvalue weighted by Crippen LogP contribution is 2.21. The molecule has 1 saturated heterocycles. The third-order valence-corrected chi connectivity index (χ3v) is 2.31. The quantitative estimate of drug-likeness (QED) is 0.697. The Morgan fingerprint density at radius 1 is 1.64 bits per heavy atom. The van der Waals surface area contributed by atoms with E-state index in [0.29, 0.717) is 17.3 Å². The Hall–Kier alpha value is -1.67. The van der Waals surface area contributed by atoms with Crippen LogP contribution in [0.25, 0.3) is 0 Å². The smallest absolute Gasteiger partial charge is 0.152 e. The molecular formula is C9H10N4O. The van der Waals surface area contributed by atoms with Gasteiger partial charge in [-0.05, 0) is 0 Å². The Morgan fingerprint density at radius 2 is 2.43 bits per heavy atom. The number of aliphatic hydroxyl groups excluding tert-OH is 1. The van der Waals surface area contributed by atoms with E-state index in [2.05, 4.69) is 10.2 Å². The summed E-state index contributed by atoms with van der Waals surface area (Å²) in [5, 5.41) is 25.1. The molecular weight excluding hydrogens is 180 g/mol. The molecule has 1 aliphatic rings. The molecule has 2 rings (SSSR count). The highest BCUT2D eigenvalue weighted by Gasteiger charge is 2.27. The number of rotatable bonds is 2. The Morgan fingerprint density at radius 3 is 3.07 bits per heavy atom. The van der Waals surface area contributed by atoms with Gasteiger partial charge in [0.1, 0.15) is 6.07 Å². The predicted octanol–water partition coefficient (Wildman–Crippen LogP) is -0.223. The number of aliphatic hydroxyl groups is 1. The molecule has 5 heteroatoms. The SMILES string of the molecule is N#Cc1cnnc(N2CC(CO)C2)c1. The number of aromatic nitrogens is 2. The van der Waals surface area contributed by atoms with E-state index in [1.807, 2.05) is 11.0 Å². The zero-order chi connectivity index (χ0) is 9.97. The molecule has 0 spiro atoms. The zero-order valence-corrected chi connectivity index (χ0v) is 7.59.